The van der Waals surface area contributed by atoms with E-state index >= 15 is 0 Å². The Labute approximate surface area is 114 Å². The van der Waals surface area contributed by atoms with Gasteiger partial charge in [0.25, 0.3) is 0 Å². The molecule has 1 aromatic rings. The molecule has 1 saturated heterocycles. The second-order valence-electron chi connectivity index (χ2n) is 4.62. The second kappa shape index (κ2) is 4.61. The lowest BCUT2D eigenvalue weighted by atomic mass is 10.1. The van der Waals surface area contributed by atoms with Crippen LogP contribution in [-0.4, -0.2) is 37.9 Å². The molecular weight excluding hydrogens is 331 g/mol. The number of hydrogen-bond acceptors (Lipinski definition) is 4. The molecule has 3 rings (SSSR count). The minimum atomic E-state index is 0.466. The molecule has 0 saturated carbocycles. The molecule has 0 spiro atoms. The third-order valence-corrected chi connectivity index (χ3v) is 4.28. The topological polar surface area (TPSA) is 34.6 Å². The normalized spacial score (nSPS) is 26.4. The zero-order chi connectivity index (χ0) is 11.8. The van der Waals surface area contributed by atoms with Crippen LogP contribution in [0.3, 0.4) is 0 Å². The monoisotopic (exact) mass is 346 g/mol. The van der Waals surface area contributed by atoms with Crippen LogP contribution >= 0.6 is 22.6 Å². The number of pyridine rings is 1. The van der Waals surface area contributed by atoms with Crippen LogP contribution in [0, 0.1) is 9.49 Å². The van der Waals surface area contributed by atoms with Crippen molar-refractivity contribution in [2.75, 3.05) is 31.8 Å². The van der Waals surface area contributed by atoms with Gasteiger partial charge in [-0.15, -0.1) is 0 Å². The summed E-state index contributed by atoms with van der Waals surface area (Å²) in [4.78, 5) is 6.85. The van der Waals surface area contributed by atoms with Crippen molar-refractivity contribution in [3.8, 4) is 5.75 Å². The van der Waals surface area contributed by atoms with Crippen molar-refractivity contribution >= 4 is 28.4 Å². The highest BCUT2D eigenvalue weighted by Gasteiger charge is 2.38. The summed E-state index contributed by atoms with van der Waals surface area (Å²) in [5.41, 5.74) is 0. The average molecular weight is 346 g/mol. The predicted molar refractivity (Wildman–Crippen MR) is 73.6 cm³/mol. The van der Waals surface area contributed by atoms with Crippen molar-refractivity contribution in [3.05, 3.63) is 15.8 Å². The molecule has 0 bridgehead atoms. The fourth-order valence-electron chi connectivity index (χ4n) is 2.72. The van der Waals surface area contributed by atoms with Crippen molar-refractivity contribution in [1.82, 2.24) is 4.98 Å². The Kier molecular flexibility index (Phi) is 3.12. The van der Waals surface area contributed by atoms with E-state index in [1.807, 2.05) is 12.3 Å². The first-order valence-electron chi connectivity index (χ1n) is 5.82. The van der Waals surface area contributed by atoms with Crippen LogP contribution in [-0.2, 0) is 4.74 Å². The van der Waals surface area contributed by atoms with E-state index in [1.54, 1.807) is 7.11 Å². The van der Waals surface area contributed by atoms with E-state index in [0.717, 1.165) is 41.3 Å². The molecule has 5 heteroatoms. The zero-order valence-corrected chi connectivity index (χ0v) is 11.9. The molecule has 0 aliphatic carbocycles. The fourth-order valence-corrected chi connectivity index (χ4v) is 3.28. The number of fused-ring (bicyclic) bond motifs is 3. The number of nitrogens with zero attached hydrogens (tertiary/aromatic N) is 2. The molecule has 0 radical (unpaired) electrons. The molecule has 0 N–H and O–H groups in total. The van der Waals surface area contributed by atoms with E-state index in [2.05, 4.69) is 32.5 Å². The van der Waals surface area contributed by atoms with Gasteiger partial charge in [-0.05, 0) is 35.1 Å². The molecule has 2 aliphatic heterocycles. The smallest absolute Gasteiger partial charge is 0.175 e. The number of rotatable bonds is 2. The summed E-state index contributed by atoms with van der Waals surface area (Å²) in [5.74, 6) is 2.55. The number of halogens is 1. The lowest BCUT2D eigenvalue weighted by molar-refractivity contribution is 0.157. The van der Waals surface area contributed by atoms with Gasteiger partial charge in [-0.2, -0.15) is 0 Å². The first kappa shape index (κ1) is 11.5. The van der Waals surface area contributed by atoms with Gasteiger partial charge in [0.2, 0.25) is 0 Å². The Balaban J connectivity index is 1.89. The van der Waals surface area contributed by atoms with Gasteiger partial charge >= 0.3 is 0 Å². The highest BCUT2D eigenvalue weighted by Crippen LogP contribution is 2.40. The van der Waals surface area contributed by atoms with E-state index < -0.39 is 0 Å². The van der Waals surface area contributed by atoms with Gasteiger partial charge in [0.05, 0.1) is 16.2 Å². The summed E-state index contributed by atoms with van der Waals surface area (Å²) in [7, 11) is 1.77. The first-order chi connectivity index (χ1) is 8.29. The molecule has 2 aliphatic rings. The zero-order valence-electron chi connectivity index (χ0n) is 9.73. The second-order valence-corrected chi connectivity index (χ2v) is 5.78. The Bertz CT molecular complexity index is 427. The maximum Gasteiger partial charge on any atom is 0.175 e. The third-order valence-electron chi connectivity index (χ3n) is 3.43. The van der Waals surface area contributed by atoms with Crippen LogP contribution in [0.4, 0.5) is 5.82 Å². The van der Waals surface area contributed by atoms with Gasteiger partial charge in [0.15, 0.2) is 11.6 Å². The van der Waals surface area contributed by atoms with Gasteiger partial charge < -0.3 is 14.4 Å². The Hall–Kier alpha value is -0.560. The predicted octanol–water partition coefficient (Wildman–Crippen LogP) is 1.92. The highest BCUT2D eigenvalue weighted by molar-refractivity contribution is 14.1. The van der Waals surface area contributed by atoms with Gasteiger partial charge in [0, 0.05) is 25.8 Å². The van der Waals surface area contributed by atoms with Crippen molar-refractivity contribution in [1.29, 1.82) is 0 Å². The summed E-state index contributed by atoms with van der Waals surface area (Å²) in [5, 5.41) is 0. The van der Waals surface area contributed by atoms with Crippen LogP contribution in [0.2, 0.25) is 0 Å². The number of methoxy groups -OCH3 is 1. The van der Waals surface area contributed by atoms with Crippen LogP contribution in [0.15, 0.2) is 12.3 Å². The molecular formula is C12H15IN2O2. The van der Waals surface area contributed by atoms with Crippen molar-refractivity contribution in [2.45, 2.75) is 12.5 Å². The number of anilines is 1. The van der Waals surface area contributed by atoms with Gasteiger partial charge in [0.1, 0.15) is 6.61 Å². The molecule has 0 amide bonds. The van der Waals surface area contributed by atoms with Crippen LogP contribution in [0.5, 0.6) is 5.75 Å². The van der Waals surface area contributed by atoms with Gasteiger partial charge in [-0.1, -0.05) is 0 Å². The van der Waals surface area contributed by atoms with Crippen molar-refractivity contribution in [2.24, 2.45) is 5.92 Å². The number of aromatic nitrogens is 1. The Morgan fingerprint density at radius 3 is 3.35 bits per heavy atom. The lowest BCUT2D eigenvalue weighted by Gasteiger charge is -2.32. The minimum absolute atomic E-state index is 0.466. The standard InChI is InChI=1S/C12H15IN2O2/c1-16-6-8-4-9-7-17-11-10(13)2-3-14-12(11)15(9)5-8/h2-3,8-9H,4-7H2,1H3/t8?,9-/m0/s1. The van der Waals surface area contributed by atoms with Crippen molar-refractivity contribution in [3.63, 3.8) is 0 Å². The minimum Gasteiger partial charge on any atom is -0.486 e. The van der Waals surface area contributed by atoms with Crippen LogP contribution < -0.4 is 9.64 Å². The highest BCUT2D eigenvalue weighted by atomic mass is 127. The van der Waals surface area contributed by atoms with E-state index in [-0.39, 0.29) is 0 Å². The SMILES string of the molecule is COCC1C[C@H]2COc3c(I)ccnc3N2C1. The maximum atomic E-state index is 5.84. The third kappa shape index (κ3) is 1.99. The average Bonchev–Trinajstić information content (AvgIpc) is 2.73. The molecule has 0 aromatic carbocycles. The lowest BCUT2D eigenvalue weighted by Crippen LogP contribution is -2.39. The maximum absolute atomic E-state index is 5.84. The van der Waals surface area contributed by atoms with Gasteiger partial charge in [-0.3, -0.25) is 0 Å². The molecule has 3 heterocycles. The van der Waals surface area contributed by atoms with Gasteiger partial charge in [-0.25, -0.2) is 4.98 Å². The summed E-state index contributed by atoms with van der Waals surface area (Å²) in [6, 6.07) is 2.45. The van der Waals surface area contributed by atoms with E-state index in [1.165, 1.54) is 0 Å². The quantitative estimate of drug-likeness (QED) is 0.767. The van der Waals surface area contributed by atoms with Crippen molar-refractivity contribution < 1.29 is 9.47 Å². The van der Waals surface area contributed by atoms with E-state index in [0.29, 0.717) is 12.0 Å². The van der Waals surface area contributed by atoms with E-state index in [4.69, 9.17) is 9.47 Å². The number of hydrogen-bond donors (Lipinski definition) is 0. The fraction of sp³-hybridized carbons (Fsp3) is 0.583. The summed E-state index contributed by atoms with van der Waals surface area (Å²) in [6.07, 6.45) is 3.00. The molecule has 1 fully saturated rings. The Morgan fingerprint density at radius 1 is 1.65 bits per heavy atom. The summed E-state index contributed by atoms with van der Waals surface area (Å²) >= 11 is 2.30. The molecule has 2 atom stereocenters. The summed E-state index contributed by atoms with van der Waals surface area (Å²) < 4.78 is 12.2. The van der Waals surface area contributed by atoms with E-state index in [9.17, 15) is 0 Å². The van der Waals surface area contributed by atoms with Crippen LogP contribution in [0.1, 0.15) is 6.42 Å². The first-order valence-corrected chi connectivity index (χ1v) is 6.90. The molecule has 92 valence electrons. The van der Waals surface area contributed by atoms with Crippen LogP contribution in [0.25, 0.3) is 0 Å². The molecule has 4 nitrogen and oxygen atoms in total. The number of ether oxygens (including phenoxy) is 2. The molecule has 1 aromatic heterocycles. The molecule has 17 heavy (non-hydrogen) atoms. The Morgan fingerprint density at radius 2 is 2.53 bits per heavy atom. The molecule has 1 unspecified atom stereocenters. The largest absolute Gasteiger partial charge is 0.486 e. The summed E-state index contributed by atoms with van der Waals surface area (Å²) in [6.45, 7) is 2.63.